The first kappa shape index (κ1) is 15.9. The number of benzene rings is 1. The molecule has 25 heavy (non-hydrogen) atoms. The van der Waals surface area contributed by atoms with Crippen molar-refractivity contribution < 1.29 is 9.53 Å². The highest BCUT2D eigenvalue weighted by molar-refractivity contribution is 7.99. The first-order valence-electron chi connectivity index (χ1n) is 8.15. The maximum Gasteiger partial charge on any atom is 0.257 e. The van der Waals surface area contributed by atoms with Gasteiger partial charge in [-0.2, -0.15) is 11.8 Å². The summed E-state index contributed by atoms with van der Waals surface area (Å²) in [4.78, 5) is 21.1. The van der Waals surface area contributed by atoms with Crippen LogP contribution in [0.4, 0.5) is 5.69 Å². The van der Waals surface area contributed by atoms with Crippen molar-refractivity contribution in [2.24, 2.45) is 0 Å². The second kappa shape index (κ2) is 7.11. The maximum atomic E-state index is 12.5. The molecule has 0 unspecified atom stereocenters. The molecule has 1 aliphatic heterocycles. The van der Waals surface area contributed by atoms with Gasteiger partial charge >= 0.3 is 0 Å². The first-order chi connectivity index (χ1) is 12.3. The van der Waals surface area contributed by atoms with E-state index in [9.17, 15) is 4.79 Å². The molecule has 1 aliphatic rings. The molecule has 0 bridgehead atoms. The van der Waals surface area contributed by atoms with Gasteiger partial charge in [-0.15, -0.1) is 0 Å². The summed E-state index contributed by atoms with van der Waals surface area (Å²) in [5.41, 5.74) is 2.07. The number of amides is 1. The molecule has 1 fully saturated rings. The van der Waals surface area contributed by atoms with Crippen LogP contribution in [-0.2, 0) is 0 Å². The fourth-order valence-corrected chi connectivity index (χ4v) is 3.86. The summed E-state index contributed by atoms with van der Waals surface area (Å²) >= 11 is 1.89. The molecule has 2 aromatic heterocycles. The number of aromatic nitrogens is 2. The average Bonchev–Trinajstić information content (AvgIpc) is 3.16. The Bertz CT molecular complexity index is 887. The minimum atomic E-state index is -0.202. The summed E-state index contributed by atoms with van der Waals surface area (Å²) in [6.45, 7) is 0. The van der Waals surface area contributed by atoms with E-state index in [0.717, 1.165) is 34.5 Å². The molecular formula is C19H17N3O2S. The number of anilines is 1. The van der Waals surface area contributed by atoms with Crippen molar-refractivity contribution in [3.05, 3.63) is 60.4 Å². The monoisotopic (exact) mass is 351 g/mol. The molecule has 3 heterocycles. The molecule has 1 saturated heterocycles. The van der Waals surface area contributed by atoms with Crippen LogP contribution in [0.5, 0.6) is 5.88 Å². The van der Waals surface area contributed by atoms with Gasteiger partial charge in [0.25, 0.3) is 5.91 Å². The van der Waals surface area contributed by atoms with Crippen LogP contribution in [0.25, 0.3) is 10.9 Å². The van der Waals surface area contributed by atoms with E-state index in [4.69, 9.17) is 4.74 Å². The third-order valence-corrected chi connectivity index (χ3v) is 5.20. The fraction of sp³-hybridized carbons (Fsp3) is 0.211. The second-order valence-electron chi connectivity index (χ2n) is 5.82. The summed E-state index contributed by atoms with van der Waals surface area (Å²) in [5, 5.41) is 3.84. The standard InChI is InChI=1S/C19H17N3O2S/c23-19(22-17-5-1-4-16-15(17)3-2-9-20-16)13-6-7-18(21-11-13)24-14-8-10-25-12-14/h1-7,9,11,14H,8,10,12H2,(H,22,23)/t14-/m0/s1. The van der Waals surface area contributed by atoms with E-state index < -0.39 is 0 Å². The lowest BCUT2D eigenvalue weighted by molar-refractivity contribution is 0.102. The summed E-state index contributed by atoms with van der Waals surface area (Å²) in [7, 11) is 0. The van der Waals surface area contributed by atoms with Gasteiger partial charge in [-0.3, -0.25) is 9.78 Å². The van der Waals surface area contributed by atoms with Gasteiger partial charge in [0, 0.05) is 29.6 Å². The van der Waals surface area contributed by atoms with Crippen LogP contribution in [-0.4, -0.2) is 33.5 Å². The molecule has 6 heteroatoms. The number of hydrogen-bond acceptors (Lipinski definition) is 5. The lowest BCUT2D eigenvalue weighted by Crippen LogP contribution is -2.16. The number of hydrogen-bond donors (Lipinski definition) is 1. The SMILES string of the molecule is O=C(Nc1cccc2ncccc12)c1ccc(O[C@H]2CCSC2)nc1. The molecule has 0 saturated carbocycles. The van der Waals surface area contributed by atoms with Crippen molar-refractivity contribution in [2.45, 2.75) is 12.5 Å². The predicted octanol–water partition coefficient (Wildman–Crippen LogP) is 3.77. The second-order valence-corrected chi connectivity index (χ2v) is 6.97. The van der Waals surface area contributed by atoms with Crippen LogP contribution in [0.15, 0.2) is 54.9 Å². The summed E-state index contributed by atoms with van der Waals surface area (Å²) in [6.07, 6.45) is 4.56. The highest BCUT2D eigenvalue weighted by Gasteiger charge is 2.17. The molecule has 0 aliphatic carbocycles. The van der Waals surface area contributed by atoms with Crippen LogP contribution >= 0.6 is 11.8 Å². The van der Waals surface area contributed by atoms with Gasteiger partial charge in [-0.05, 0) is 42.5 Å². The van der Waals surface area contributed by atoms with Crippen LogP contribution in [0, 0.1) is 0 Å². The number of carbonyl (C=O) groups is 1. The molecule has 4 rings (SSSR count). The number of nitrogens with one attached hydrogen (secondary N) is 1. The quantitative estimate of drug-likeness (QED) is 0.775. The molecule has 3 aromatic rings. The topological polar surface area (TPSA) is 64.1 Å². The number of carbonyl (C=O) groups excluding carboxylic acids is 1. The number of pyridine rings is 2. The van der Waals surface area contributed by atoms with Crippen molar-refractivity contribution >= 4 is 34.3 Å². The highest BCUT2D eigenvalue weighted by Crippen LogP contribution is 2.23. The molecule has 1 aromatic carbocycles. The average molecular weight is 351 g/mol. The normalized spacial score (nSPS) is 16.7. The summed E-state index contributed by atoms with van der Waals surface area (Å²) in [5.74, 6) is 2.50. The van der Waals surface area contributed by atoms with Crippen molar-refractivity contribution in [3.63, 3.8) is 0 Å². The Balaban J connectivity index is 1.48. The highest BCUT2D eigenvalue weighted by atomic mass is 32.2. The van der Waals surface area contributed by atoms with E-state index in [1.54, 1.807) is 24.5 Å². The third-order valence-electron chi connectivity index (χ3n) is 4.07. The van der Waals surface area contributed by atoms with Crippen LogP contribution in [0.3, 0.4) is 0 Å². The Morgan fingerprint density at radius 3 is 2.92 bits per heavy atom. The minimum absolute atomic E-state index is 0.202. The van der Waals surface area contributed by atoms with E-state index in [0.29, 0.717) is 11.4 Å². The van der Waals surface area contributed by atoms with Crippen molar-refractivity contribution in [3.8, 4) is 5.88 Å². The number of nitrogens with zero attached hydrogens (tertiary/aromatic N) is 2. The van der Waals surface area contributed by atoms with Crippen molar-refractivity contribution in [1.29, 1.82) is 0 Å². The molecule has 1 amide bonds. The van der Waals surface area contributed by atoms with Crippen molar-refractivity contribution in [1.82, 2.24) is 9.97 Å². The van der Waals surface area contributed by atoms with Crippen molar-refractivity contribution in [2.75, 3.05) is 16.8 Å². The first-order valence-corrected chi connectivity index (χ1v) is 9.30. The molecule has 0 spiro atoms. The van der Waals surface area contributed by atoms with Gasteiger partial charge in [0.1, 0.15) is 6.10 Å². The largest absolute Gasteiger partial charge is 0.473 e. The molecule has 1 N–H and O–H groups in total. The number of fused-ring (bicyclic) bond motifs is 1. The van der Waals surface area contributed by atoms with Gasteiger partial charge in [0.2, 0.25) is 5.88 Å². The Morgan fingerprint density at radius 2 is 2.12 bits per heavy atom. The maximum absolute atomic E-state index is 12.5. The van der Waals surface area contributed by atoms with E-state index in [1.807, 2.05) is 42.1 Å². The Labute approximate surface area is 149 Å². The smallest absolute Gasteiger partial charge is 0.257 e. The number of ether oxygens (including phenoxy) is 1. The van der Waals surface area contributed by atoms with Gasteiger partial charge in [0.15, 0.2) is 0 Å². The van der Waals surface area contributed by atoms with E-state index in [1.165, 1.54) is 0 Å². The molecular weight excluding hydrogens is 334 g/mol. The summed E-state index contributed by atoms with van der Waals surface area (Å²) < 4.78 is 5.81. The minimum Gasteiger partial charge on any atom is -0.473 e. The molecule has 126 valence electrons. The molecule has 0 radical (unpaired) electrons. The zero-order valence-corrected chi connectivity index (χ0v) is 14.3. The number of rotatable bonds is 4. The van der Waals surface area contributed by atoms with E-state index in [2.05, 4.69) is 15.3 Å². The van der Waals surface area contributed by atoms with Gasteiger partial charge in [-0.25, -0.2) is 4.98 Å². The van der Waals surface area contributed by atoms with Gasteiger partial charge in [0.05, 0.1) is 16.8 Å². The molecule has 5 nitrogen and oxygen atoms in total. The Morgan fingerprint density at radius 1 is 1.16 bits per heavy atom. The third kappa shape index (κ3) is 3.58. The Kier molecular flexibility index (Phi) is 4.52. The van der Waals surface area contributed by atoms with E-state index in [-0.39, 0.29) is 12.0 Å². The van der Waals surface area contributed by atoms with E-state index >= 15 is 0 Å². The van der Waals surface area contributed by atoms with Crippen LogP contribution in [0.2, 0.25) is 0 Å². The zero-order valence-electron chi connectivity index (χ0n) is 13.5. The zero-order chi connectivity index (χ0) is 17.1. The van der Waals surface area contributed by atoms with Crippen LogP contribution < -0.4 is 10.1 Å². The number of thioether (sulfide) groups is 1. The summed E-state index contributed by atoms with van der Waals surface area (Å²) in [6, 6.07) is 12.9. The van der Waals surface area contributed by atoms with Gasteiger partial charge in [-0.1, -0.05) is 6.07 Å². The molecule has 1 atom stereocenters. The Hall–Kier alpha value is -2.60. The predicted molar refractivity (Wildman–Crippen MR) is 100 cm³/mol. The fourth-order valence-electron chi connectivity index (χ4n) is 2.77. The van der Waals surface area contributed by atoms with Crippen LogP contribution in [0.1, 0.15) is 16.8 Å². The lowest BCUT2D eigenvalue weighted by atomic mass is 10.1. The van der Waals surface area contributed by atoms with Gasteiger partial charge < -0.3 is 10.1 Å². The lowest BCUT2D eigenvalue weighted by Gasteiger charge is -2.12.